The molecule has 0 unspecified atom stereocenters. The molecule has 0 aliphatic rings. The molecular formula is C2H6IO2Zr. The molecule has 4 heteroatoms. The predicted molar refractivity (Wildman–Crippen MR) is 28.0 cm³/mol. The first-order valence-corrected chi connectivity index (χ1v) is 10.7. The number of hydrogen-bond acceptors (Lipinski definition) is 2. The van der Waals surface area contributed by atoms with E-state index in [0.717, 1.165) is 0 Å². The van der Waals surface area contributed by atoms with Crippen molar-refractivity contribution in [2.24, 2.45) is 0 Å². The maximum absolute atomic E-state index is 4.86. The van der Waals surface area contributed by atoms with Gasteiger partial charge in [0.25, 0.3) is 0 Å². The molecule has 0 aliphatic heterocycles. The summed E-state index contributed by atoms with van der Waals surface area (Å²) >= 11 is 0.575. The zero-order chi connectivity index (χ0) is 4.99. The number of halogens is 1. The van der Waals surface area contributed by atoms with Crippen LogP contribution in [-0.4, -0.2) is 14.2 Å². The van der Waals surface area contributed by atoms with Crippen molar-refractivity contribution in [3.05, 3.63) is 0 Å². The van der Waals surface area contributed by atoms with E-state index in [1.54, 1.807) is 14.2 Å². The molecule has 0 aromatic carbocycles. The van der Waals surface area contributed by atoms with E-state index >= 15 is 0 Å². The van der Waals surface area contributed by atoms with Crippen molar-refractivity contribution < 1.29 is 24.1 Å². The van der Waals surface area contributed by atoms with Crippen LogP contribution in [0.4, 0.5) is 0 Å². The Morgan fingerprint density at radius 1 is 1.33 bits per heavy atom. The summed E-state index contributed by atoms with van der Waals surface area (Å²) in [5.41, 5.74) is 0. The van der Waals surface area contributed by atoms with Gasteiger partial charge in [-0.1, -0.05) is 0 Å². The fraction of sp³-hybridized carbons (Fsp3) is 1.00. The van der Waals surface area contributed by atoms with Crippen LogP contribution in [0.5, 0.6) is 0 Å². The van der Waals surface area contributed by atoms with Crippen LogP contribution in [0, 0.1) is 0 Å². The van der Waals surface area contributed by atoms with Crippen molar-refractivity contribution in [2.75, 3.05) is 14.2 Å². The summed E-state index contributed by atoms with van der Waals surface area (Å²) in [6.45, 7) is 0. The topological polar surface area (TPSA) is 18.5 Å². The minimum atomic E-state index is -1.65. The molecule has 0 saturated heterocycles. The molecule has 0 saturated carbocycles. The van der Waals surface area contributed by atoms with Crippen LogP contribution in [-0.2, 0) is 24.1 Å². The average molecular weight is 280 g/mol. The molecule has 6 heavy (non-hydrogen) atoms. The Kier molecular flexibility index (Phi) is 5.88. The van der Waals surface area contributed by atoms with E-state index in [9.17, 15) is 0 Å². The summed E-state index contributed by atoms with van der Waals surface area (Å²) in [6, 6.07) is 0. The van der Waals surface area contributed by atoms with Crippen molar-refractivity contribution in [3.63, 3.8) is 0 Å². The van der Waals surface area contributed by atoms with Crippen molar-refractivity contribution in [3.8, 4) is 0 Å². The molecule has 0 aromatic heterocycles. The Morgan fingerprint density at radius 3 is 1.67 bits per heavy atom. The van der Waals surface area contributed by atoms with E-state index in [4.69, 9.17) is 5.63 Å². The third-order valence-electron chi connectivity index (χ3n) is 0.321. The molecule has 0 amide bonds. The zero-order valence-electron chi connectivity index (χ0n) is 3.69. The van der Waals surface area contributed by atoms with E-state index in [0.29, 0.717) is 0 Å². The van der Waals surface area contributed by atoms with E-state index in [-0.39, 0.29) is 0 Å². The Balaban J connectivity index is 2.75. The predicted octanol–water partition coefficient (Wildman–Crippen LogP) is 1.08. The van der Waals surface area contributed by atoms with Gasteiger partial charge in [-0.05, 0) is 0 Å². The van der Waals surface area contributed by atoms with E-state index in [2.05, 4.69) is 18.0 Å². The molecule has 0 N–H and O–H groups in total. The molecule has 0 fully saturated rings. The standard InChI is InChI=1S/2CH3O.HI.Zr/c2*1-2;;/h2*1H3;1H;/q2*-1;;+3/p-1. The van der Waals surface area contributed by atoms with Crippen LogP contribution in [0.1, 0.15) is 0 Å². The van der Waals surface area contributed by atoms with E-state index < -0.39 is 18.4 Å². The van der Waals surface area contributed by atoms with Gasteiger partial charge in [0.05, 0.1) is 0 Å². The SMILES string of the molecule is C[O][Zr]([I])[O]C. The first kappa shape index (κ1) is 7.53. The second kappa shape index (κ2) is 4.69. The average Bonchev–Trinajstić information content (AvgIpc) is 1.65. The quantitative estimate of drug-likeness (QED) is 0.705. The van der Waals surface area contributed by atoms with Gasteiger partial charge in [-0.3, -0.25) is 0 Å². The molecule has 0 aromatic rings. The van der Waals surface area contributed by atoms with Crippen molar-refractivity contribution >= 4 is 18.0 Å². The monoisotopic (exact) mass is 279 g/mol. The second-order valence-corrected chi connectivity index (χ2v) is 9.03. The summed E-state index contributed by atoms with van der Waals surface area (Å²) in [5, 5.41) is 0. The summed E-state index contributed by atoms with van der Waals surface area (Å²) in [6.07, 6.45) is 0. The Morgan fingerprint density at radius 2 is 1.67 bits per heavy atom. The fourth-order valence-corrected chi connectivity index (χ4v) is 0.493. The summed E-state index contributed by atoms with van der Waals surface area (Å²) < 4.78 is 9.72. The molecule has 0 heterocycles. The van der Waals surface area contributed by atoms with Crippen molar-refractivity contribution in [1.29, 1.82) is 0 Å². The Labute approximate surface area is 55.8 Å². The first-order chi connectivity index (χ1) is 2.81. The Bertz CT molecular complexity index is 30.7. The van der Waals surface area contributed by atoms with Gasteiger partial charge in [0.2, 0.25) is 0 Å². The molecule has 0 spiro atoms. The third-order valence-corrected chi connectivity index (χ3v) is 7.11. The van der Waals surface area contributed by atoms with Gasteiger partial charge in [-0.15, -0.1) is 0 Å². The van der Waals surface area contributed by atoms with E-state index in [1.165, 1.54) is 0 Å². The van der Waals surface area contributed by atoms with Gasteiger partial charge in [-0.2, -0.15) is 0 Å². The molecular weight excluding hydrogens is 274 g/mol. The van der Waals surface area contributed by atoms with Gasteiger partial charge in [0, 0.05) is 0 Å². The van der Waals surface area contributed by atoms with E-state index in [1.807, 2.05) is 0 Å². The van der Waals surface area contributed by atoms with Crippen LogP contribution >= 0.6 is 18.0 Å². The maximum atomic E-state index is 4.86. The van der Waals surface area contributed by atoms with Gasteiger partial charge in [0.15, 0.2) is 0 Å². The third kappa shape index (κ3) is 3.71. The summed E-state index contributed by atoms with van der Waals surface area (Å²) in [4.78, 5) is 0. The van der Waals surface area contributed by atoms with Gasteiger partial charge in [0.1, 0.15) is 0 Å². The van der Waals surface area contributed by atoms with Crippen molar-refractivity contribution in [2.45, 2.75) is 0 Å². The van der Waals surface area contributed by atoms with Crippen molar-refractivity contribution in [1.82, 2.24) is 0 Å². The zero-order valence-corrected chi connectivity index (χ0v) is 8.31. The number of rotatable bonds is 2. The van der Waals surface area contributed by atoms with Crippen LogP contribution in [0.25, 0.3) is 0 Å². The summed E-state index contributed by atoms with van der Waals surface area (Å²) in [7, 11) is 3.37. The molecule has 0 aliphatic carbocycles. The molecule has 0 bridgehead atoms. The first-order valence-electron chi connectivity index (χ1n) is 1.41. The fourth-order valence-electron chi connectivity index (χ4n) is 0.0833. The molecule has 2 nitrogen and oxygen atoms in total. The normalized spacial score (nSPS) is 8.50. The van der Waals surface area contributed by atoms with Crippen LogP contribution < -0.4 is 0 Å². The second-order valence-electron chi connectivity index (χ2n) is 0.646. The molecule has 0 radical (unpaired) electrons. The van der Waals surface area contributed by atoms with Crippen LogP contribution in [0.2, 0.25) is 0 Å². The van der Waals surface area contributed by atoms with Gasteiger partial charge >= 0.3 is 56.3 Å². The van der Waals surface area contributed by atoms with Crippen LogP contribution in [0.15, 0.2) is 0 Å². The van der Waals surface area contributed by atoms with Gasteiger partial charge < -0.3 is 0 Å². The minimum absolute atomic E-state index is 1.65. The van der Waals surface area contributed by atoms with Crippen LogP contribution in [0.3, 0.4) is 0 Å². The summed E-state index contributed by atoms with van der Waals surface area (Å²) in [5.74, 6) is 0. The molecule has 0 atom stereocenters. The molecule has 37 valence electrons. The van der Waals surface area contributed by atoms with Gasteiger partial charge in [-0.25, -0.2) is 0 Å². The Hall–Kier alpha value is 1.53. The number of hydrogen-bond donors (Lipinski definition) is 0. The molecule has 0 rings (SSSR count).